The molecule has 2 atom stereocenters. The highest BCUT2D eigenvalue weighted by atomic mass is 16.2. The van der Waals surface area contributed by atoms with Gasteiger partial charge in [0.05, 0.1) is 6.04 Å². The van der Waals surface area contributed by atoms with E-state index in [1.807, 2.05) is 20.8 Å². The summed E-state index contributed by atoms with van der Waals surface area (Å²) in [5, 5.41) is 2.73. The Morgan fingerprint density at radius 1 is 1.39 bits per heavy atom. The lowest BCUT2D eigenvalue weighted by molar-refractivity contribution is -0.146. The van der Waals surface area contributed by atoms with Gasteiger partial charge in [-0.1, -0.05) is 26.7 Å². The Labute approximate surface area is 138 Å². The van der Waals surface area contributed by atoms with Crippen LogP contribution in [0, 0.1) is 12.3 Å². The maximum atomic E-state index is 12.8. The van der Waals surface area contributed by atoms with Crippen LogP contribution in [0.4, 0.5) is 0 Å². The van der Waals surface area contributed by atoms with E-state index in [9.17, 15) is 14.4 Å². The third kappa shape index (κ3) is 4.95. The first-order chi connectivity index (χ1) is 11.0. The average molecular weight is 318 g/mol. The van der Waals surface area contributed by atoms with Gasteiger partial charge in [-0.15, -0.1) is 12.3 Å². The molecule has 0 spiro atoms. The molecule has 0 saturated carbocycles. The number of rotatable bonds is 8. The second-order valence-corrected chi connectivity index (χ2v) is 5.85. The lowest BCUT2D eigenvalue weighted by Crippen LogP contribution is -2.52. The Kier molecular flexibility index (Phi) is 7.53. The molecule has 126 valence electrons. The van der Waals surface area contributed by atoms with E-state index in [1.165, 1.54) is 11.0 Å². The van der Waals surface area contributed by atoms with E-state index in [0.717, 1.165) is 24.8 Å². The van der Waals surface area contributed by atoms with Crippen LogP contribution in [0.15, 0.2) is 11.6 Å². The highest BCUT2D eigenvalue weighted by Crippen LogP contribution is 2.24. The van der Waals surface area contributed by atoms with Gasteiger partial charge >= 0.3 is 0 Å². The SMILES string of the molecule is C#CCCC(=O)N[C@H](CCC)C(=O)N1C(=O)C=C(C)[C@@H]1CCC. The summed E-state index contributed by atoms with van der Waals surface area (Å²) in [6.45, 7) is 5.82. The van der Waals surface area contributed by atoms with Crippen molar-refractivity contribution in [3.8, 4) is 12.3 Å². The van der Waals surface area contributed by atoms with Crippen molar-refractivity contribution >= 4 is 17.7 Å². The summed E-state index contributed by atoms with van der Waals surface area (Å²) in [6, 6.07) is -0.866. The van der Waals surface area contributed by atoms with Crippen LogP contribution in [-0.2, 0) is 14.4 Å². The first-order valence-electron chi connectivity index (χ1n) is 8.24. The number of nitrogens with one attached hydrogen (secondary N) is 1. The van der Waals surface area contributed by atoms with Gasteiger partial charge in [0.2, 0.25) is 5.91 Å². The molecular weight excluding hydrogens is 292 g/mol. The molecule has 0 radical (unpaired) electrons. The number of hydrogen-bond donors (Lipinski definition) is 1. The van der Waals surface area contributed by atoms with Crippen LogP contribution in [0.2, 0.25) is 0 Å². The quantitative estimate of drug-likeness (QED) is 0.698. The third-order valence-electron chi connectivity index (χ3n) is 3.93. The molecule has 5 heteroatoms. The molecule has 0 aromatic carbocycles. The normalized spacial score (nSPS) is 18.3. The van der Waals surface area contributed by atoms with Crippen LogP contribution in [-0.4, -0.2) is 34.7 Å². The van der Waals surface area contributed by atoms with Crippen molar-refractivity contribution in [1.29, 1.82) is 0 Å². The molecule has 0 bridgehead atoms. The topological polar surface area (TPSA) is 66.5 Å². The summed E-state index contributed by atoms with van der Waals surface area (Å²) in [5.74, 6) is 1.55. The minimum absolute atomic E-state index is 0.188. The minimum atomic E-state index is -0.673. The lowest BCUT2D eigenvalue weighted by atomic mass is 10.0. The summed E-state index contributed by atoms with van der Waals surface area (Å²) < 4.78 is 0. The summed E-state index contributed by atoms with van der Waals surface area (Å²) >= 11 is 0. The fraction of sp³-hybridized carbons (Fsp3) is 0.611. The number of nitrogens with zero attached hydrogens (tertiary/aromatic N) is 1. The molecule has 0 aromatic heterocycles. The van der Waals surface area contributed by atoms with Crippen LogP contribution >= 0.6 is 0 Å². The predicted octanol–water partition coefficient (Wildman–Crippen LogP) is 2.17. The van der Waals surface area contributed by atoms with Crippen molar-refractivity contribution < 1.29 is 14.4 Å². The molecule has 23 heavy (non-hydrogen) atoms. The maximum absolute atomic E-state index is 12.8. The van der Waals surface area contributed by atoms with E-state index in [2.05, 4.69) is 11.2 Å². The Balaban J connectivity index is 2.86. The molecule has 5 nitrogen and oxygen atoms in total. The van der Waals surface area contributed by atoms with Crippen LogP contribution in [0.25, 0.3) is 0 Å². The molecule has 0 unspecified atom stereocenters. The number of terminal acetylenes is 1. The van der Waals surface area contributed by atoms with Crippen LogP contribution in [0.3, 0.4) is 0 Å². The molecule has 0 saturated heterocycles. The molecule has 1 aliphatic rings. The van der Waals surface area contributed by atoms with Crippen molar-refractivity contribution in [1.82, 2.24) is 10.2 Å². The van der Waals surface area contributed by atoms with Gasteiger partial charge in [0.25, 0.3) is 11.8 Å². The predicted molar refractivity (Wildman–Crippen MR) is 89.2 cm³/mol. The third-order valence-corrected chi connectivity index (χ3v) is 3.93. The Morgan fingerprint density at radius 2 is 2.09 bits per heavy atom. The zero-order valence-corrected chi connectivity index (χ0v) is 14.2. The van der Waals surface area contributed by atoms with E-state index in [1.54, 1.807) is 0 Å². The highest BCUT2D eigenvalue weighted by Gasteiger charge is 2.38. The smallest absolute Gasteiger partial charge is 0.253 e. The molecule has 3 amide bonds. The van der Waals surface area contributed by atoms with Gasteiger partial charge < -0.3 is 5.32 Å². The van der Waals surface area contributed by atoms with Gasteiger partial charge in [-0.25, -0.2) is 0 Å². The van der Waals surface area contributed by atoms with Gasteiger partial charge in [-0.2, -0.15) is 0 Å². The summed E-state index contributed by atoms with van der Waals surface area (Å²) in [4.78, 5) is 38.2. The van der Waals surface area contributed by atoms with Crippen molar-refractivity contribution in [2.45, 2.75) is 71.4 Å². The largest absolute Gasteiger partial charge is 0.344 e. The van der Waals surface area contributed by atoms with Crippen molar-refractivity contribution in [3.63, 3.8) is 0 Å². The molecule has 1 N–H and O–H groups in total. The van der Waals surface area contributed by atoms with E-state index < -0.39 is 6.04 Å². The van der Waals surface area contributed by atoms with Gasteiger partial charge in [-0.05, 0) is 25.3 Å². The minimum Gasteiger partial charge on any atom is -0.344 e. The van der Waals surface area contributed by atoms with Crippen molar-refractivity contribution in [3.05, 3.63) is 11.6 Å². The maximum Gasteiger partial charge on any atom is 0.253 e. The van der Waals surface area contributed by atoms with E-state index in [4.69, 9.17) is 6.42 Å². The first-order valence-corrected chi connectivity index (χ1v) is 8.24. The van der Waals surface area contributed by atoms with Crippen molar-refractivity contribution in [2.75, 3.05) is 0 Å². The number of imide groups is 1. The summed E-state index contributed by atoms with van der Waals surface area (Å²) in [7, 11) is 0. The molecule has 0 aromatic rings. The molecule has 1 heterocycles. The standard InChI is InChI=1S/C18H26N2O3/c1-5-8-11-16(21)19-14(9-6-2)18(23)20-15(10-7-3)13(4)12-17(20)22/h1,12,14-15H,6-11H2,2-4H3,(H,19,21)/t14-,15+/m1/s1. The van der Waals surface area contributed by atoms with Gasteiger partial charge in [0.1, 0.15) is 6.04 Å². The Hall–Kier alpha value is -2.09. The number of hydrogen-bond acceptors (Lipinski definition) is 3. The molecule has 0 aliphatic carbocycles. The van der Waals surface area contributed by atoms with Crippen LogP contribution < -0.4 is 5.32 Å². The molecule has 0 fully saturated rings. The highest BCUT2D eigenvalue weighted by molar-refractivity contribution is 6.06. The second-order valence-electron chi connectivity index (χ2n) is 5.85. The van der Waals surface area contributed by atoms with E-state index in [-0.39, 0.29) is 30.2 Å². The fourth-order valence-corrected chi connectivity index (χ4v) is 2.78. The average Bonchev–Trinajstić information content (AvgIpc) is 2.78. The van der Waals surface area contributed by atoms with Gasteiger partial charge in [-0.3, -0.25) is 19.3 Å². The van der Waals surface area contributed by atoms with Crippen LogP contribution in [0.1, 0.15) is 59.3 Å². The van der Waals surface area contributed by atoms with Gasteiger partial charge in [0, 0.05) is 18.9 Å². The molecule has 1 rings (SSSR count). The Bertz CT molecular complexity index is 531. The number of amides is 3. The zero-order chi connectivity index (χ0) is 17.4. The summed E-state index contributed by atoms with van der Waals surface area (Å²) in [5.41, 5.74) is 0.902. The van der Waals surface area contributed by atoms with E-state index in [0.29, 0.717) is 12.8 Å². The monoisotopic (exact) mass is 318 g/mol. The molecular formula is C18H26N2O3. The molecule has 1 aliphatic heterocycles. The van der Waals surface area contributed by atoms with E-state index >= 15 is 0 Å². The fourth-order valence-electron chi connectivity index (χ4n) is 2.78. The summed E-state index contributed by atoms with van der Waals surface area (Å²) in [6.07, 6.45) is 10.0. The second kappa shape index (κ2) is 9.14. The number of carbonyl (C=O) groups excluding carboxylic acids is 3. The lowest BCUT2D eigenvalue weighted by Gasteiger charge is -2.28. The van der Waals surface area contributed by atoms with Crippen molar-refractivity contribution in [2.24, 2.45) is 0 Å². The zero-order valence-electron chi connectivity index (χ0n) is 14.2. The van der Waals surface area contributed by atoms with Crippen LogP contribution in [0.5, 0.6) is 0 Å². The Morgan fingerprint density at radius 3 is 2.65 bits per heavy atom. The first kappa shape index (κ1) is 19.0. The number of carbonyl (C=O) groups is 3. The van der Waals surface area contributed by atoms with Gasteiger partial charge in [0.15, 0.2) is 0 Å².